The third-order valence-electron chi connectivity index (χ3n) is 2.25. The summed E-state index contributed by atoms with van der Waals surface area (Å²) in [6, 6.07) is 7.41. The van der Waals surface area contributed by atoms with Crippen LogP contribution in [0.2, 0.25) is 0 Å². The van der Waals surface area contributed by atoms with Gasteiger partial charge in [0.05, 0.1) is 5.60 Å². The molecule has 1 N–H and O–H groups in total. The zero-order valence-electron chi connectivity index (χ0n) is 10.8. The van der Waals surface area contributed by atoms with E-state index in [0.717, 1.165) is 18.4 Å². The van der Waals surface area contributed by atoms with Crippen molar-refractivity contribution in [2.75, 3.05) is 0 Å². The first-order chi connectivity index (χ1) is 6.43. The van der Waals surface area contributed by atoms with Crippen molar-refractivity contribution in [3.63, 3.8) is 0 Å². The van der Waals surface area contributed by atoms with Gasteiger partial charge in [0.1, 0.15) is 0 Å². The Morgan fingerprint density at radius 1 is 1.31 bits per heavy atom. The molecule has 3 heteroatoms. The second kappa shape index (κ2) is 7.93. The van der Waals surface area contributed by atoms with Crippen molar-refractivity contribution < 1.29 is 37.8 Å². The molecule has 0 aliphatic heterocycles. The molecule has 16 heavy (non-hydrogen) atoms. The van der Waals surface area contributed by atoms with Gasteiger partial charge in [0, 0.05) is 32.7 Å². The number of benzene rings is 1. The van der Waals surface area contributed by atoms with Crippen LogP contribution in [0.5, 0.6) is 0 Å². The maximum absolute atomic E-state index is 9.87. The van der Waals surface area contributed by atoms with Gasteiger partial charge < -0.3 is 5.11 Å². The quantitative estimate of drug-likeness (QED) is 0.672. The van der Waals surface area contributed by atoms with Crippen LogP contribution in [-0.2, 0) is 44.7 Å². The van der Waals surface area contributed by atoms with Crippen molar-refractivity contribution in [1.82, 2.24) is 0 Å². The molecule has 0 saturated carbocycles. The summed E-state index contributed by atoms with van der Waals surface area (Å²) in [6.45, 7) is 7.81. The second-order valence-electron chi connectivity index (χ2n) is 4.41. The summed E-state index contributed by atoms with van der Waals surface area (Å²) in [6.07, 6.45) is 2.15. The Balaban J connectivity index is 0. The van der Waals surface area contributed by atoms with Crippen molar-refractivity contribution in [2.24, 2.45) is 0 Å². The molecule has 1 aromatic rings. The van der Waals surface area contributed by atoms with Crippen LogP contribution < -0.4 is 0 Å². The molecule has 0 aliphatic carbocycles. The molecule has 0 saturated heterocycles. The van der Waals surface area contributed by atoms with E-state index in [0.29, 0.717) is 0 Å². The van der Waals surface area contributed by atoms with Crippen LogP contribution in [0, 0.1) is 13.0 Å². The minimum atomic E-state index is -0.783. The Bertz CT molecular complexity index is 318. The van der Waals surface area contributed by atoms with Gasteiger partial charge in [-0.25, -0.2) is 0 Å². The Kier molecular flexibility index (Phi) is 9.45. The van der Waals surface area contributed by atoms with E-state index < -0.39 is 5.60 Å². The number of rotatable bonds is 3. The fourth-order valence-electron chi connectivity index (χ4n) is 1.52. The van der Waals surface area contributed by atoms with E-state index in [-0.39, 0.29) is 42.6 Å². The summed E-state index contributed by atoms with van der Waals surface area (Å²) in [4.78, 5) is 0. The van der Waals surface area contributed by atoms with Gasteiger partial charge in [0.25, 0.3) is 0 Å². The minimum absolute atomic E-state index is 0. The first kappa shape index (κ1) is 19.1. The van der Waals surface area contributed by atoms with Crippen LogP contribution in [0.15, 0.2) is 12.1 Å². The van der Waals surface area contributed by atoms with E-state index in [1.807, 2.05) is 6.07 Å². The zero-order valence-corrected chi connectivity index (χ0v) is 15.1. The topological polar surface area (TPSA) is 20.2 Å². The first-order valence-electron chi connectivity index (χ1n) is 5.19. The van der Waals surface area contributed by atoms with Gasteiger partial charge in [-0.05, 0) is 13.8 Å². The summed E-state index contributed by atoms with van der Waals surface area (Å²) in [5, 5.41) is 9.87. The van der Waals surface area contributed by atoms with Crippen molar-refractivity contribution in [3.8, 4) is 0 Å². The van der Waals surface area contributed by atoms with Crippen molar-refractivity contribution >= 4 is 9.90 Å². The summed E-state index contributed by atoms with van der Waals surface area (Å²) in [5.41, 5.74) is 2.50. The molecule has 0 fully saturated rings. The molecule has 1 unspecified atom stereocenters. The van der Waals surface area contributed by atoms with Crippen molar-refractivity contribution in [1.29, 1.82) is 0 Å². The van der Waals surface area contributed by atoms with Crippen molar-refractivity contribution in [2.45, 2.75) is 46.1 Å². The second-order valence-corrected chi connectivity index (χ2v) is 4.41. The maximum atomic E-state index is 9.87. The van der Waals surface area contributed by atoms with Gasteiger partial charge in [0.2, 0.25) is 0 Å². The predicted molar refractivity (Wildman–Crippen MR) is 70.4 cm³/mol. The van der Waals surface area contributed by atoms with E-state index in [1.165, 1.54) is 11.1 Å². The van der Waals surface area contributed by atoms with E-state index in [2.05, 4.69) is 26.0 Å². The molecule has 0 heterocycles. The molecule has 0 aliphatic rings. The van der Waals surface area contributed by atoms with E-state index >= 15 is 0 Å². The smallest absolute Gasteiger partial charge is 0.0618 e. The molecular weight excluding hydrogens is 292 g/mol. The fraction of sp³-hybridized carbons (Fsp3) is 0.538. The summed E-state index contributed by atoms with van der Waals surface area (Å²) < 4.78 is 0. The van der Waals surface area contributed by atoms with Gasteiger partial charge in [-0.1, -0.05) is 26.7 Å². The average molecular weight is 314 g/mol. The number of hydrogen-bond donors (Lipinski definition) is 1. The van der Waals surface area contributed by atoms with Gasteiger partial charge in [-0.2, -0.15) is 39.2 Å². The Hall–Kier alpha value is 0.714. The third-order valence-corrected chi connectivity index (χ3v) is 2.25. The van der Waals surface area contributed by atoms with Crippen LogP contribution in [0.25, 0.3) is 0 Å². The minimum Gasteiger partial charge on any atom is -0.388 e. The van der Waals surface area contributed by atoms with Crippen LogP contribution >= 0.6 is 9.90 Å². The fourth-order valence-corrected chi connectivity index (χ4v) is 1.52. The number of aryl methyl sites for hydroxylation is 2. The van der Waals surface area contributed by atoms with Gasteiger partial charge in [-0.15, -0.1) is 5.56 Å². The standard InChI is InChI=1S/C13H19O.H3P.Y/c1-5-6-11-7-10(2)8-12(9-11)13(3,4)14;;/h7-8,14H,5-6H2,1-4H3;1H3;/q-1;;. The Labute approximate surface area is 128 Å². The van der Waals surface area contributed by atoms with Crippen LogP contribution in [-0.4, -0.2) is 5.11 Å². The molecule has 1 nitrogen and oxygen atoms in total. The normalized spacial score (nSPS) is 10.3. The summed E-state index contributed by atoms with van der Waals surface area (Å²) in [5.74, 6) is 0. The molecule has 0 aromatic heterocycles. The van der Waals surface area contributed by atoms with Gasteiger partial charge in [-0.3, -0.25) is 0 Å². The van der Waals surface area contributed by atoms with Gasteiger partial charge in [0.15, 0.2) is 0 Å². The molecule has 1 rings (SSSR count). The van der Waals surface area contributed by atoms with Crippen LogP contribution in [0.1, 0.15) is 43.9 Å². The molecule has 89 valence electrons. The molecule has 0 spiro atoms. The molecule has 1 radical (unpaired) electrons. The molecule has 0 bridgehead atoms. The van der Waals surface area contributed by atoms with Crippen LogP contribution in [0.3, 0.4) is 0 Å². The summed E-state index contributed by atoms with van der Waals surface area (Å²) in [7, 11) is 0. The van der Waals surface area contributed by atoms with E-state index in [1.54, 1.807) is 13.8 Å². The number of aliphatic hydroxyl groups is 1. The molecular formula is C13H22OPY-. The molecule has 1 aromatic carbocycles. The molecule has 1 atom stereocenters. The Morgan fingerprint density at radius 3 is 2.31 bits per heavy atom. The largest absolute Gasteiger partial charge is 0.388 e. The SMILES string of the molecule is CCCc1[c-]c(C(C)(C)O)cc(C)c1.P.[Y]. The maximum Gasteiger partial charge on any atom is 0.0618 e. The van der Waals surface area contributed by atoms with Crippen LogP contribution in [0.4, 0.5) is 0 Å². The number of hydrogen-bond acceptors (Lipinski definition) is 1. The molecule has 0 amide bonds. The monoisotopic (exact) mass is 314 g/mol. The van der Waals surface area contributed by atoms with E-state index in [4.69, 9.17) is 0 Å². The van der Waals surface area contributed by atoms with Crippen molar-refractivity contribution in [3.05, 3.63) is 34.9 Å². The Morgan fingerprint density at radius 2 is 1.88 bits per heavy atom. The summed E-state index contributed by atoms with van der Waals surface area (Å²) >= 11 is 0. The first-order valence-corrected chi connectivity index (χ1v) is 5.19. The average Bonchev–Trinajstić information content (AvgIpc) is 2.02. The predicted octanol–water partition coefficient (Wildman–Crippen LogP) is 3.03. The van der Waals surface area contributed by atoms with Gasteiger partial charge >= 0.3 is 0 Å². The van der Waals surface area contributed by atoms with E-state index in [9.17, 15) is 5.11 Å². The zero-order chi connectivity index (χ0) is 10.8. The third kappa shape index (κ3) is 5.87.